The summed E-state index contributed by atoms with van der Waals surface area (Å²) in [5.74, 6) is 0.797. The Kier molecular flexibility index (Phi) is 5.09. The van der Waals surface area contributed by atoms with Gasteiger partial charge in [0, 0.05) is 23.9 Å². The quantitative estimate of drug-likeness (QED) is 0.890. The molecule has 0 fully saturated rings. The molecule has 0 spiro atoms. The molecule has 0 aliphatic heterocycles. The lowest BCUT2D eigenvalue weighted by atomic mass is 10.1. The van der Waals surface area contributed by atoms with Gasteiger partial charge in [0.2, 0.25) is 5.89 Å². The Hall–Kier alpha value is -1.46. The van der Waals surface area contributed by atoms with Crippen LogP contribution in [0, 0.1) is 5.82 Å². The zero-order valence-corrected chi connectivity index (χ0v) is 12.2. The van der Waals surface area contributed by atoms with Crippen LogP contribution in [0.25, 0.3) is 0 Å². The number of hydrogen-bond acceptors (Lipinski definition) is 4. The Balaban J connectivity index is 2.05. The molecule has 0 bridgehead atoms. The first-order valence-electron chi connectivity index (χ1n) is 6.55. The molecule has 1 unspecified atom stereocenters. The smallest absolute Gasteiger partial charge is 0.228 e. The van der Waals surface area contributed by atoms with Gasteiger partial charge in [-0.25, -0.2) is 4.39 Å². The minimum absolute atomic E-state index is 0.317. The third-order valence-corrected chi connectivity index (χ3v) is 3.55. The van der Waals surface area contributed by atoms with Gasteiger partial charge in [-0.2, -0.15) is 4.98 Å². The van der Waals surface area contributed by atoms with Crippen molar-refractivity contribution in [1.82, 2.24) is 15.5 Å². The molecule has 2 aromatic rings. The Bertz CT molecular complexity index is 569. The monoisotopic (exact) mass is 297 g/mol. The molecule has 0 radical (unpaired) electrons. The lowest BCUT2D eigenvalue weighted by molar-refractivity contribution is 0.355. The van der Waals surface area contributed by atoms with Crippen molar-refractivity contribution in [3.63, 3.8) is 0 Å². The Morgan fingerprint density at radius 3 is 2.90 bits per heavy atom. The molecule has 0 amide bonds. The number of aromatic nitrogens is 2. The summed E-state index contributed by atoms with van der Waals surface area (Å²) in [6, 6.07) is 4.61. The fourth-order valence-electron chi connectivity index (χ4n) is 1.94. The van der Waals surface area contributed by atoms with E-state index in [0.29, 0.717) is 35.6 Å². The summed E-state index contributed by atoms with van der Waals surface area (Å²) in [6.07, 6.45) is 2.11. The molecule has 20 heavy (non-hydrogen) atoms. The third kappa shape index (κ3) is 3.77. The van der Waals surface area contributed by atoms with Gasteiger partial charge in [-0.05, 0) is 31.2 Å². The van der Waals surface area contributed by atoms with Crippen molar-refractivity contribution in [1.29, 1.82) is 0 Å². The number of rotatable bonds is 6. The average molecular weight is 298 g/mol. The number of likely N-dealkylation sites (N-methyl/N-ethyl adjacent to an activating group) is 1. The molecule has 1 heterocycles. The highest BCUT2D eigenvalue weighted by Crippen LogP contribution is 2.19. The van der Waals surface area contributed by atoms with Gasteiger partial charge in [0.15, 0.2) is 5.82 Å². The van der Waals surface area contributed by atoms with E-state index in [-0.39, 0.29) is 5.82 Å². The lowest BCUT2D eigenvalue weighted by Gasteiger charge is -2.09. The topological polar surface area (TPSA) is 51.0 Å². The van der Waals surface area contributed by atoms with E-state index in [4.69, 9.17) is 16.1 Å². The second kappa shape index (κ2) is 6.81. The van der Waals surface area contributed by atoms with Crippen LogP contribution in [0.4, 0.5) is 4.39 Å². The first-order chi connectivity index (χ1) is 9.62. The van der Waals surface area contributed by atoms with Gasteiger partial charge in [0.1, 0.15) is 5.82 Å². The normalized spacial score (nSPS) is 12.6. The van der Waals surface area contributed by atoms with E-state index in [1.807, 2.05) is 7.05 Å². The highest BCUT2D eigenvalue weighted by Gasteiger charge is 2.13. The molecule has 6 heteroatoms. The van der Waals surface area contributed by atoms with Gasteiger partial charge in [0.05, 0.1) is 0 Å². The van der Waals surface area contributed by atoms with E-state index in [1.165, 1.54) is 12.1 Å². The number of hydrogen-bond donors (Lipinski definition) is 1. The van der Waals surface area contributed by atoms with E-state index < -0.39 is 0 Å². The van der Waals surface area contributed by atoms with Crippen molar-refractivity contribution in [2.75, 3.05) is 7.05 Å². The molecule has 1 aromatic carbocycles. The maximum absolute atomic E-state index is 13.0. The van der Waals surface area contributed by atoms with Crippen molar-refractivity contribution < 1.29 is 8.91 Å². The van der Waals surface area contributed by atoms with Crippen LogP contribution in [0.15, 0.2) is 22.7 Å². The summed E-state index contributed by atoms with van der Waals surface area (Å²) >= 11 is 5.98. The molecule has 0 saturated heterocycles. The van der Waals surface area contributed by atoms with E-state index in [0.717, 1.165) is 12.0 Å². The second-order valence-corrected chi connectivity index (χ2v) is 5.02. The van der Waals surface area contributed by atoms with Gasteiger partial charge in [-0.1, -0.05) is 29.7 Å². The summed E-state index contributed by atoms with van der Waals surface area (Å²) in [5, 5.41) is 7.49. The Morgan fingerprint density at radius 2 is 2.25 bits per heavy atom. The fourth-order valence-corrected chi connectivity index (χ4v) is 2.18. The van der Waals surface area contributed by atoms with E-state index in [1.54, 1.807) is 6.07 Å². The van der Waals surface area contributed by atoms with Crippen LogP contribution in [0.2, 0.25) is 5.02 Å². The van der Waals surface area contributed by atoms with Crippen LogP contribution in [0.1, 0.15) is 30.6 Å². The van der Waals surface area contributed by atoms with Crippen molar-refractivity contribution in [3.05, 3.63) is 46.3 Å². The molecular weight excluding hydrogens is 281 g/mol. The number of nitrogens with one attached hydrogen (secondary N) is 1. The Labute approximate surface area is 122 Å². The van der Waals surface area contributed by atoms with Crippen LogP contribution in [-0.2, 0) is 12.8 Å². The third-order valence-electron chi connectivity index (χ3n) is 3.20. The minimum Gasteiger partial charge on any atom is -0.339 e. The predicted molar refractivity (Wildman–Crippen MR) is 75.4 cm³/mol. The van der Waals surface area contributed by atoms with Crippen LogP contribution < -0.4 is 5.32 Å². The average Bonchev–Trinajstić information content (AvgIpc) is 2.86. The van der Waals surface area contributed by atoms with Crippen LogP contribution in [0.5, 0.6) is 0 Å². The zero-order chi connectivity index (χ0) is 14.5. The minimum atomic E-state index is -0.354. The molecule has 0 aliphatic rings. The van der Waals surface area contributed by atoms with Gasteiger partial charge < -0.3 is 9.84 Å². The SMILES string of the molecule is CCC(Cc1nc(Cc2ccc(F)cc2Cl)no1)NC. The molecule has 1 aromatic heterocycles. The van der Waals surface area contributed by atoms with Crippen LogP contribution in [-0.4, -0.2) is 23.2 Å². The molecule has 108 valence electrons. The summed E-state index contributed by atoms with van der Waals surface area (Å²) in [7, 11) is 1.91. The van der Waals surface area contributed by atoms with E-state index in [2.05, 4.69) is 22.4 Å². The first kappa shape index (κ1) is 14.9. The molecule has 1 atom stereocenters. The van der Waals surface area contributed by atoms with Gasteiger partial charge in [-0.15, -0.1) is 0 Å². The van der Waals surface area contributed by atoms with Crippen molar-refractivity contribution >= 4 is 11.6 Å². The molecule has 4 nitrogen and oxygen atoms in total. The molecule has 0 aliphatic carbocycles. The van der Waals surface area contributed by atoms with Crippen LogP contribution in [0.3, 0.4) is 0 Å². The maximum atomic E-state index is 13.0. The van der Waals surface area contributed by atoms with Gasteiger partial charge in [0.25, 0.3) is 0 Å². The van der Waals surface area contributed by atoms with E-state index >= 15 is 0 Å². The summed E-state index contributed by atoms with van der Waals surface area (Å²) < 4.78 is 18.2. The van der Waals surface area contributed by atoms with Crippen molar-refractivity contribution in [2.24, 2.45) is 0 Å². The molecule has 0 saturated carbocycles. The molecule has 1 N–H and O–H groups in total. The summed E-state index contributed by atoms with van der Waals surface area (Å²) in [4.78, 5) is 4.33. The Morgan fingerprint density at radius 1 is 1.45 bits per heavy atom. The number of halogens is 2. The van der Waals surface area contributed by atoms with Crippen molar-refractivity contribution in [2.45, 2.75) is 32.2 Å². The number of benzene rings is 1. The summed E-state index contributed by atoms with van der Waals surface area (Å²) in [5.41, 5.74) is 0.779. The molecular formula is C14H17ClFN3O. The van der Waals surface area contributed by atoms with E-state index in [9.17, 15) is 4.39 Å². The predicted octanol–water partition coefficient (Wildman–Crippen LogP) is 2.99. The van der Waals surface area contributed by atoms with Crippen molar-refractivity contribution in [3.8, 4) is 0 Å². The standard InChI is InChI=1S/C14H17ClFN3O/c1-3-11(17-2)8-14-18-13(19-20-14)6-9-4-5-10(16)7-12(9)15/h4-5,7,11,17H,3,6,8H2,1-2H3. The number of nitrogens with zero attached hydrogens (tertiary/aromatic N) is 2. The van der Waals surface area contributed by atoms with Crippen LogP contribution >= 0.6 is 11.6 Å². The fraction of sp³-hybridized carbons (Fsp3) is 0.429. The largest absolute Gasteiger partial charge is 0.339 e. The highest BCUT2D eigenvalue weighted by atomic mass is 35.5. The maximum Gasteiger partial charge on any atom is 0.228 e. The van der Waals surface area contributed by atoms with Gasteiger partial charge in [-0.3, -0.25) is 0 Å². The zero-order valence-electron chi connectivity index (χ0n) is 11.5. The second-order valence-electron chi connectivity index (χ2n) is 4.61. The lowest BCUT2D eigenvalue weighted by Crippen LogP contribution is -2.26. The molecule has 2 rings (SSSR count). The highest BCUT2D eigenvalue weighted by molar-refractivity contribution is 6.31. The summed E-state index contributed by atoms with van der Waals surface area (Å²) in [6.45, 7) is 2.09. The van der Waals surface area contributed by atoms with Gasteiger partial charge >= 0.3 is 0 Å². The first-order valence-corrected chi connectivity index (χ1v) is 6.92.